The molecule has 0 bridgehead atoms. The Bertz CT molecular complexity index is 722. The summed E-state index contributed by atoms with van der Waals surface area (Å²) in [6, 6.07) is -0.295. The Balaban J connectivity index is 1.67. The average Bonchev–Trinajstić information content (AvgIpc) is 2.98. The van der Waals surface area contributed by atoms with E-state index in [2.05, 4.69) is 20.3 Å². The van der Waals surface area contributed by atoms with Gasteiger partial charge in [-0.05, 0) is 52.0 Å². The highest BCUT2D eigenvalue weighted by molar-refractivity contribution is 5.79. The largest absolute Gasteiger partial charge is 0.347 e. The maximum atomic E-state index is 12.3. The molecule has 0 aromatic carbocycles. The number of hydrogen-bond donors (Lipinski definition) is 1. The fourth-order valence-corrected chi connectivity index (χ4v) is 3.16. The molecule has 1 N–H and O–H groups in total. The first kappa shape index (κ1) is 15.6. The van der Waals surface area contributed by atoms with E-state index in [0.717, 1.165) is 30.1 Å². The van der Waals surface area contributed by atoms with E-state index < -0.39 is 0 Å². The number of amides is 1. The topological polar surface area (TPSA) is 72.7 Å². The van der Waals surface area contributed by atoms with E-state index in [4.69, 9.17) is 0 Å². The second kappa shape index (κ2) is 6.48. The highest BCUT2D eigenvalue weighted by Gasteiger charge is 2.18. The second-order valence-corrected chi connectivity index (χ2v) is 6.13. The van der Waals surface area contributed by atoms with Crippen LogP contribution in [0.5, 0.6) is 0 Å². The summed E-state index contributed by atoms with van der Waals surface area (Å²) >= 11 is 0. The first-order valence-corrected chi connectivity index (χ1v) is 8.18. The van der Waals surface area contributed by atoms with E-state index in [1.165, 1.54) is 18.4 Å². The molecule has 0 aliphatic heterocycles. The first-order chi connectivity index (χ1) is 11.1. The highest BCUT2D eigenvalue weighted by atomic mass is 16.2. The SMILES string of the molecule is Cc1nc(CNC(=O)[C@H](C)n2ccnc2C)nc2c1CCCC2. The molecule has 0 saturated heterocycles. The van der Waals surface area contributed by atoms with Crippen LogP contribution in [0.4, 0.5) is 0 Å². The van der Waals surface area contributed by atoms with Crippen molar-refractivity contribution in [2.75, 3.05) is 0 Å². The fraction of sp³-hybridized carbons (Fsp3) is 0.529. The predicted octanol–water partition coefficient (Wildman–Crippen LogP) is 2.05. The summed E-state index contributed by atoms with van der Waals surface area (Å²) in [5.41, 5.74) is 3.51. The third-order valence-corrected chi connectivity index (χ3v) is 4.52. The van der Waals surface area contributed by atoms with Crippen molar-refractivity contribution in [1.29, 1.82) is 0 Å². The van der Waals surface area contributed by atoms with Crippen molar-refractivity contribution in [3.63, 3.8) is 0 Å². The number of hydrogen-bond acceptors (Lipinski definition) is 4. The molecule has 1 amide bonds. The molecule has 23 heavy (non-hydrogen) atoms. The number of rotatable bonds is 4. The van der Waals surface area contributed by atoms with Crippen molar-refractivity contribution < 1.29 is 4.79 Å². The van der Waals surface area contributed by atoms with Gasteiger partial charge in [-0.1, -0.05) is 0 Å². The summed E-state index contributed by atoms with van der Waals surface area (Å²) in [5, 5.41) is 2.94. The lowest BCUT2D eigenvalue weighted by molar-refractivity contribution is -0.124. The van der Waals surface area contributed by atoms with E-state index in [1.807, 2.05) is 31.5 Å². The van der Waals surface area contributed by atoms with Crippen LogP contribution in [0.1, 0.15) is 54.4 Å². The van der Waals surface area contributed by atoms with Crippen molar-refractivity contribution in [3.05, 3.63) is 41.0 Å². The molecule has 2 aromatic heterocycles. The van der Waals surface area contributed by atoms with Gasteiger partial charge in [0, 0.05) is 23.8 Å². The van der Waals surface area contributed by atoms with Crippen molar-refractivity contribution in [1.82, 2.24) is 24.8 Å². The molecule has 3 rings (SSSR count). The summed E-state index contributed by atoms with van der Waals surface area (Å²) in [7, 11) is 0. The van der Waals surface area contributed by atoms with E-state index in [-0.39, 0.29) is 11.9 Å². The van der Waals surface area contributed by atoms with Crippen LogP contribution >= 0.6 is 0 Å². The van der Waals surface area contributed by atoms with E-state index >= 15 is 0 Å². The molecule has 1 aliphatic rings. The molecular formula is C17H23N5O. The number of carbonyl (C=O) groups excluding carboxylic acids is 1. The monoisotopic (exact) mass is 313 g/mol. The molecule has 6 heteroatoms. The van der Waals surface area contributed by atoms with Crippen LogP contribution in [-0.2, 0) is 24.2 Å². The Hall–Kier alpha value is -2.24. The van der Waals surface area contributed by atoms with Crippen molar-refractivity contribution in [2.45, 2.75) is 59.0 Å². The van der Waals surface area contributed by atoms with Crippen molar-refractivity contribution >= 4 is 5.91 Å². The number of fused-ring (bicyclic) bond motifs is 1. The van der Waals surface area contributed by atoms with Gasteiger partial charge in [-0.15, -0.1) is 0 Å². The fourth-order valence-electron chi connectivity index (χ4n) is 3.16. The molecule has 0 fully saturated rings. The Labute approximate surface area is 136 Å². The van der Waals surface area contributed by atoms with Crippen molar-refractivity contribution in [2.24, 2.45) is 0 Å². The van der Waals surface area contributed by atoms with Crippen LogP contribution < -0.4 is 5.32 Å². The summed E-state index contributed by atoms with van der Waals surface area (Å²) in [6.45, 7) is 6.16. The second-order valence-electron chi connectivity index (χ2n) is 6.13. The minimum atomic E-state index is -0.295. The maximum absolute atomic E-state index is 12.3. The lowest BCUT2D eigenvalue weighted by atomic mass is 9.95. The molecule has 0 spiro atoms. The number of aromatic nitrogens is 4. The zero-order chi connectivity index (χ0) is 16.4. The van der Waals surface area contributed by atoms with E-state index in [1.54, 1.807) is 6.20 Å². The molecule has 6 nitrogen and oxygen atoms in total. The van der Waals surface area contributed by atoms with Crippen LogP contribution in [-0.4, -0.2) is 25.4 Å². The molecular weight excluding hydrogens is 290 g/mol. The van der Waals surface area contributed by atoms with Crippen LogP contribution in [0.25, 0.3) is 0 Å². The maximum Gasteiger partial charge on any atom is 0.243 e. The number of aryl methyl sites for hydroxylation is 3. The molecule has 0 unspecified atom stereocenters. The minimum Gasteiger partial charge on any atom is -0.347 e. The third-order valence-electron chi connectivity index (χ3n) is 4.52. The number of carbonyl (C=O) groups is 1. The van der Waals surface area contributed by atoms with Gasteiger partial charge in [0.2, 0.25) is 5.91 Å². The van der Waals surface area contributed by atoms with Gasteiger partial charge in [0.1, 0.15) is 17.7 Å². The Morgan fingerprint density at radius 3 is 2.83 bits per heavy atom. The summed E-state index contributed by atoms with van der Waals surface area (Å²) in [4.78, 5) is 25.7. The zero-order valence-corrected chi connectivity index (χ0v) is 14.0. The average molecular weight is 313 g/mol. The Morgan fingerprint density at radius 2 is 2.09 bits per heavy atom. The first-order valence-electron chi connectivity index (χ1n) is 8.18. The minimum absolute atomic E-state index is 0.0509. The standard InChI is InChI=1S/C17H23N5O/c1-11-14-6-4-5-7-15(14)21-16(20-11)10-19-17(23)12(2)22-9-8-18-13(22)3/h8-9,12H,4-7,10H2,1-3H3,(H,19,23)/t12-/m0/s1. The van der Waals surface area contributed by atoms with Crippen LogP contribution in [0.3, 0.4) is 0 Å². The lowest BCUT2D eigenvalue weighted by Crippen LogP contribution is -2.31. The number of nitrogens with one attached hydrogen (secondary N) is 1. The van der Waals surface area contributed by atoms with Gasteiger partial charge >= 0.3 is 0 Å². The molecule has 2 aromatic rings. The predicted molar refractivity (Wildman–Crippen MR) is 86.9 cm³/mol. The third kappa shape index (κ3) is 3.25. The van der Waals surface area contributed by atoms with E-state index in [0.29, 0.717) is 12.4 Å². The molecule has 1 atom stereocenters. The van der Waals surface area contributed by atoms with E-state index in [9.17, 15) is 4.79 Å². The molecule has 0 saturated carbocycles. The molecule has 1 aliphatic carbocycles. The van der Waals surface area contributed by atoms with Gasteiger partial charge in [-0.25, -0.2) is 15.0 Å². The van der Waals surface area contributed by atoms with Crippen LogP contribution in [0, 0.1) is 13.8 Å². The Morgan fingerprint density at radius 1 is 1.30 bits per heavy atom. The smallest absolute Gasteiger partial charge is 0.243 e. The zero-order valence-electron chi connectivity index (χ0n) is 14.0. The lowest BCUT2D eigenvalue weighted by Gasteiger charge is -2.18. The molecule has 0 radical (unpaired) electrons. The highest BCUT2D eigenvalue weighted by Crippen LogP contribution is 2.21. The van der Waals surface area contributed by atoms with Gasteiger partial charge in [0.15, 0.2) is 0 Å². The van der Waals surface area contributed by atoms with Gasteiger partial charge in [-0.2, -0.15) is 0 Å². The summed E-state index contributed by atoms with van der Waals surface area (Å²) < 4.78 is 1.86. The molecule has 2 heterocycles. The summed E-state index contributed by atoms with van der Waals surface area (Å²) in [6.07, 6.45) is 8.02. The quantitative estimate of drug-likeness (QED) is 0.937. The number of nitrogens with zero attached hydrogens (tertiary/aromatic N) is 4. The van der Waals surface area contributed by atoms with Crippen molar-refractivity contribution in [3.8, 4) is 0 Å². The molecule has 122 valence electrons. The van der Waals surface area contributed by atoms with Crippen LogP contribution in [0.15, 0.2) is 12.4 Å². The Kier molecular flexibility index (Phi) is 4.41. The van der Waals surface area contributed by atoms with Gasteiger partial charge in [0.25, 0.3) is 0 Å². The number of imidazole rings is 1. The van der Waals surface area contributed by atoms with Gasteiger partial charge in [0.05, 0.1) is 6.54 Å². The van der Waals surface area contributed by atoms with Gasteiger partial charge in [-0.3, -0.25) is 4.79 Å². The van der Waals surface area contributed by atoms with Crippen LogP contribution in [0.2, 0.25) is 0 Å². The summed E-state index contributed by atoms with van der Waals surface area (Å²) in [5.74, 6) is 1.48. The normalized spacial score (nSPS) is 15.1. The van der Waals surface area contributed by atoms with Gasteiger partial charge < -0.3 is 9.88 Å².